The van der Waals surface area contributed by atoms with Crippen LogP contribution in [0.4, 0.5) is 0 Å². The summed E-state index contributed by atoms with van der Waals surface area (Å²) >= 11 is 0. The Bertz CT molecular complexity index is 531. The van der Waals surface area contributed by atoms with Crippen LogP contribution in [-0.2, 0) is 6.42 Å². The zero-order chi connectivity index (χ0) is 15.1. The number of hydrogen-bond acceptors (Lipinski definition) is 2. The van der Waals surface area contributed by atoms with E-state index in [0.29, 0.717) is 0 Å². The predicted molar refractivity (Wildman–Crippen MR) is 88.9 cm³/mol. The van der Waals surface area contributed by atoms with Gasteiger partial charge in [-0.2, -0.15) is 0 Å². The van der Waals surface area contributed by atoms with Crippen LogP contribution in [0.5, 0.6) is 5.75 Å². The summed E-state index contributed by atoms with van der Waals surface area (Å²) in [6.45, 7) is 8.12. The molecule has 2 nitrogen and oxygen atoms in total. The van der Waals surface area contributed by atoms with E-state index in [-0.39, 0.29) is 5.60 Å². The van der Waals surface area contributed by atoms with Crippen LogP contribution in [0, 0.1) is 0 Å². The van der Waals surface area contributed by atoms with Crippen LogP contribution < -0.4 is 10.1 Å². The van der Waals surface area contributed by atoms with Gasteiger partial charge < -0.3 is 10.1 Å². The number of rotatable bonds is 7. The smallest absolute Gasteiger partial charge is 0.120 e. The summed E-state index contributed by atoms with van der Waals surface area (Å²) in [6.07, 6.45) is 0.960. The highest BCUT2D eigenvalue weighted by Gasteiger charge is 2.18. The summed E-state index contributed by atoms with van der Waals surface area (Å²) in [5.41, 5.74) is 2.44. The van der Waals surface area contributed by atoms with Gasteiger partial charge in [0.25, 0.3) is 0 Å². The molecule has 0 aliphatic rings. The third-order valence-electron chi connectivity index (χ3n) is 3.37. The Morgan fingerprint density at radius 1 is 0.905 bits per heavy atom. The molecule has 0 radical (unpaired) electrons. The van der Waals surface area contributed by atoms with Gasteiger partial charge in [-0.3, -0.25) is 0 Å². The Morgan fingerprint density at radius 2 is 1.52 bits per heavy atom. The monoisotopic (exact) mass is 283 g/mol. The summed E-state index contributed by atoms with van der Waals surface area (Å²) in [6, 6.07) is 18.9. The van der Waals surface area contributed by atoms with Gasteiger partial charge >= 0.3 is 0 Å². The summed E-state index contributed by atoms with van der Waals surface area (Å²) in [5, 5.41) is 3.33. The Morgan fingerprint density at radius 3 is 2.14 bits per heavy atom. The lowest BCUT2D eigenvalue weighted by molar-refractivity contribution is 0.109. The molecule has 2 aromatic rings. The van der Waals surface area contributed by atoms with Gasteiger partial charge in [0, 0.05) is 6.54 Å². The van der Waals surface area contributed by atoms with Crippen LogP contribution in [0.25, 0.3) is 0 Å². The molecule has 0 bridgehead atoms. The molecule has 0 saturated heterocycles. The van der Waals surface area contributed by atoms with E-state index < -0.39 is 0 Å². The normalized spacial score (nSPS) is 11.4. The highest BCUT2D eigenvalue weighted by atomic mass is 16.5. The molecule has 0 saturated carbocycles. The number of likely N-dealkylation sites (N-methyl/N-ethyl adjacent to an activating group) is 1. The molecule has 0 fully saturated rings. The second-order valence-corrected chi connectivity index (χ2v) is 5.95. The standard InChI is InChI=1S/C19H25NO/c1-4-20-15-19(2,3)21-18-12-10-17(11-13-18)14-16-8-6-5-7-9-16/h5-13,20H,4,14-15H2,1-3H3. The third-order valence-corrected chi connectivity index (χ3v) is 3.37. The van der Waals surface area contributed by atoms with E-state index in [1.807, 2.05) is 6.07 Å². The van der Waals surface area contributed by atoms with Crippen LogP contribution >= 0.6 is 0 Å². The molecular weight excluding hydrogens is 258 g/mol. The van der Waals surface area contributed by atoms with Crippen LogP contribution in [0.2, 0.25) is 0 Å². The lowest BCUT2D eigenvalue weighted by Crippen LogP contribution is -2.40. The summed E-state index contributed by atoms with van der Waals surface area (Å²) in [7, 11) is 0. The molecule has 2 heteroatoms. The molecule has 0 aliphatic carbocycles. The molecule has 0 aromatic heterocycles. The lowest BCUT2D eigenvalue weighted by Gasteiger charge is -2.26. The quantitative estimate of drug-likeness (QED) is 0.828. The molecule has 0 aliphatic heterocycles. The van der Waals surface area contributed by atoms with Crippen molar-refractivity contribution in [3.8, 4) is 5.75 Å². The highest BCUT2D eigenvalue weighted by molar-refractivity contribution is 5.31. The largest absolute Gasteiger partial charge is 0.487 e. The van der Waals surface area contributed by atoms with Crippen molar-refractivity contribution in [3.05, 3.63) is 65.7 Å². The SMILES string of the molecule is CCNCC(C)(C)Oc1ccc(Cc2ccccc2)cc1. The Balaban J connectivity index is 1.96. The zero-order valence-electron chi connectivity index (χ0n) is 13.2. The molecule has 0 spiro atoms. The number of benzene rings is 2. The highest BCUT2D eigenvalue weighted by Crippen LogP contribution is 2.20. The Labute approximate surface area is 128 Å². The minimum atomic E-state index is -0.197. The van der Waals surface area contributed by atoms with E-state index in [4.69, 9.17) is 4.74 Å². The average Bonchev–Trinajstić information content (AvgIpc) is 2.48. The van der Waals surface area contributed by atoms with Gasteiger partial charge in [0.2, 0.25) is 0 Å². The maximum absolute atomic E-state index is 6.05. The maximum atomic E-state index is 6.05. The number of nitrogens with one attached hydrogen (secondary N) is 1. The van der Waals surface area contributed by atoms with Crippen molar-refractivity contribution in [1.82, 2.24) is 5.32 Å². The van der Waals surface area contributed by atoms with Crippen molar-refractivity contribution in [2.45, 2.75) is 32.8 Å². The molecule has 21 heavy (non-hydrogen) atoms. The third kappa shape index (κ3) is 5.24. The first-order valence-electron chi connectivity index (χ1n) is 7.62. The summed E-state index contributed by atoms with van der Waals surface area (Å²) in [5.74, 6) is 0.926. The molecular formula is C19H25NO. The van der Waals surface area contributed by atoms with E-state index in [0.717, 1.165) is 25.3 Å². The van der Waals surface area contributed by atoms with Crippen molar-refractivity contribution in [2.24, 2.45) is 0 Å². The van der Waals surface area contributed by atoms with E-state index in [9.17, 15) is 0 Å². The average molecular weight is 283 g/mol. The van der Waals surface area contributed by atoms with Gasteiger partial charge in [0.1, 0.15) is 11.4 Å². The molecule has 0 unspecified atom stereocenters. The molecule has 1 N–H and O–H groups in total. The molecule has 2 rings (SSSR count). The fraction of sp³-hybridized carbons (Fsp3) is 0.368. The maximum Gasteiger partial charge on any atom is 0.120 e. The first-order chi connectivity index (χ1) is 10.1. The zero-order valence-corrected chi connectivity index (χ0v) is 13.2. The van der Waals surface area contributed by atoms with E-state index in [1.165, 1.54) is 11.1 Å². The number of ether oxygens (including phenoxy) is 1. The Hall–Kier alpha value is -1.80. The summed E-state index contributed by atoms with van der Waals surface area (Å²) in [4.78, 5) is 0. The fourth-order valence-electron chi connectivity index (χ4n) is 2.29. The number of hydrogen-bond donors (Lipinski definition) is 1. The predicted octanol–water partition coefficient (Wildman–Crippen LogP) is 4.04. The summed E-state index contributed by atoms with van der Waals surface area (Å²) < 4.78 is 6.05. The second kappa shape index (κ2) is 7.28. The van der Waals surface area contributed by atoms with Crippen molar-refractivity contribution in [3.63, 3.8) is 0 Å². The first-order valence-corrected chi connectivity index (χ1v) is 7.62. The van der Waals surface area contributed by atoms with Crippen LogP contribution in [0.1, 0.15) is 31.9 Å². The van der Waals surface area contributed by atoms with E-state index in [1.54, 1.807) is 0 Å². The Kier molecular flexibility index (Phi) is 5.40. The molecule has 0 amide bonds. The van der Waals surface area contributed by atoms with Gasteiger partial charge in [-0.05, 0) is 50.1 Å². The topological polar surface area (TPSA) is 21.3 Å². The van der Waals surface area contributed by atoms with Crippen molar-refractivity contribution in [1.29, 1.82) is 0 Å². The van der Waals surface area contributed by atoms with Gasteiger partial charge in [0.05, 0.1) is 0 Å². The molecule has 0 atom stereocenters. The van der Waals surface area contributed by atoms with Crippen LogP contribution in [0.3, 0.4) is 0 Å². The van der Waals surface area contributed by atoms with Crippen molar-refractivity contribution >= 4 is 0 Å². The van der Waals surface area contributed by atoms with Gasteiger partial charge in [-0.15, -0.1) is 0 Å². The van der Waals surface area contributed by atoms with Crippen LogP contribution in [0.15, 0.2) is 54.6 Å². The minimum absolute atomic E-state index is 0.197. The molecule has 2 aromatic carbocycles. The molecule has 112 valence electrons. The van der Waals surface area contributed by atoms with Gasteiger partial charge in [-0.25, -0.2) is 0 Å². The molecule has 0 heterocycles. The fourth-order valence-corrected chi connectivity index (χ4v) is 2.29. The second-order valence-electron chi connectivity index (χ2n) is 5.95. The van der Waals surface area contributed by atoms with Gasteiger partial charge in [0.15, 0.2) is 0 Å². The van der Waals surface area contributed by atoms with E-state index in [2.05, 4.69) is 74.6 Å². The van der Waals surface area contributed by atoms with Crippen molar-refractivity contribution < 1.29 is 4.74 Å². The first kappa shape index (κ1) is 15.6. The van der Waals surface area contributed by atoms with Gasteiger partial charge in [-0.1, -0.05) is 49.4 Å². The van der Waals surface area contributed by atoms with Crippen molar-refractivity contribution in [2.75, 3.05) is 13.1 Å². The lowest BCUT2D eigenvalue weighted by atomic mass is 10.0. The van der Waals surface area contributed by atoms with Crippen LogP contribution in [-0.4, -0.2) is 18.7 Å². The van der Waals surface area contributed by atoms with E-state index >= 15 is 0 Å². The minimum Gasteiger partial charge on any atom is -0.487 e.